The highest BCUT2D eigenvalue weighted by Gasteiger charge is 2.29. The Morgan fingerprint density at radius 2 is 1.95 bits per heavy atom. The molecule has 0 saturated heterocycles. The highest BCUT2D eigenvalue weighted by molar-refractivity contribution is 8.01. The molecule has 1 heterocycles. The van der Waals surface area contributed by atoms with Crippen molar-refractivity contribution >= 4 is 46.1 Å². The van der Waals surface area contributed by atoms with Gasteiger partial charge in [-0.15, -0.1) is 0 Å². The Morgan fingerprint density at radius 1 is 1.25 bits per heavy atom. The number of hydrogen-bond acceptors (Lipinski definition) is 3. The number of ether oxygens (including phenoxy) is 1. The molecule has 1 aromatic carbocycles. The Bertz CT molecular complexity index is 611. The molecular weight excluding hydrogens is 343 g/mol. The van der Waals surface area contributed by atoms with Crippen molar-refractivity contribution in [3.8, 4) is 5.75 Å². The lowest BCUT2D eigenvalue weighted by Crippen LogP contribution is -2.19. The Balaban J connectivity index is 2.20. The van der Waals surface area contributed by atoms with Gasteiger partial charge in [-0.05, 0) is 18.2 Å². The van der Waals surface area contributed by atoms with Gasteiger partial charge in [0.15, 0.2) is 6.61 Å². The second kappa shape index (κ2) is 5.50. The Hall–Kier alpha value is -0.860. The molecule has 0 spiro atoms. The van der Waals surface area contributed by atoms with Crippen LogP contribution in [-0.2, 0) is 0 Å². The summed E-state index contributed by atoms with van der Waals surface area (Å²) in [7, 11) is 0. The van der Waals surface area contributed by atoms with Crippen LogP contribution in [0.15, 0.2) is 24.4 Å². The summed E-state index contributed by atoms with van der Waals surface area (Å²) in [6.07, 6.45) is -3.08. The van der Waals surface area contributed by atoms with E-state index in [-0.39, 0.29) is 5.75 Å². The SMILES string of the molecule is FC(F)(F)COc1ccc2c(cnn2SC(F)(Cl)Cl)c1. The molecule has 0 saturated carbocycles. The Labute approximate surface area is 124 Å². The molecule has 0 radical (unpaired) electrons. The number of benzene rings is 1. The molecule has 0 aliphatic heterocycles. The van der Waals surface area contributed by atoms with Gasteiger partial charge in [-0.3, -0.25) is 0 Å². The van der Waals surface area contributed by atoms with E-state index in [1.54, 1.807) is 0 Å². The minimum Gasteiger partial charge on any atom is -0.484 e. The third-order valence-corrected chi connectivity index (χ3v) is 3.18. The molecule has 10 heteroatoms. The van der Waals surface area contributed by atoms with E-state index in [9.17, 15) is 17.6 Å². The second-order valence-electron chi connectivity index (χ2n) is 3.68. The average Bonchev–Trinajstić information content (AvgIpc) is 2.66. The van der Waals surface area contributed by atoms with Gasteiger partial charge >= 0.3 is 10.1 Å². The van der Waals surface area contributed by atoms with Crippen molar-refractivity contribution in [1.82, 2.24) is 9.19 Å². The van der Waals surface area contributed by atoms with Gasteiger partial charge in [0.1, 0.15) is 5.75 Å². The molecule has 0 atom stereocenters. The van der Waals surface area contributed by atoms with Gasteiger partial charge in [-0.25, -0.2) is 4.09 Å². The van der Waals surface area contributed by atoms with Crippen LogP contribution in [0.1, 0.15) is 0 Å². The summed E-state index contributed by atoms with van der Waals surface area (Å²) < 4.78 is 52.3. The van der Waals surface area contributed by atoms with Crippen LogP contribution in [0.4, 0.5) is 17.6 Å². The number of hydrogen-bond donors (Lipinski definition) is 0. The van der Waals surface area contributed by atoms with Crippen LogP contribution in [-0.4, -0.2) is 25.9 Å². The average molecular weight is 349 g/mol. The highest BCUT2D eigenvalue weighted by Crippen LogP contribution is 2.38. The predicted molar refractivity (Wildman–Crippen MR) is 69.8 cm³/mol. The van der Waals surface area contributed by atoms with E-state index in [1.165, 1.54) is 24.4 Å². The van der Waals surface area contributed by atoms with E-state index in [0.29, 0.717) is 22.9 Å². The summed E-state index contributed by atoms with van der Waals surface area (Å²) in [6.45, 7) is -1.39. The molecule has 0 amide bonds. The zero-order valence-electron chi connectivity index (χ0n) is 9.50. The van der Waals surface area contributed by atoms with Crippen molar-refractivity contribution in [3.05, 3.63) is 24.4 Å². The van der Waals surface area contributed by atoms with Crippen LogP contribution in [0, 0.1) is 0 Å². The predicted octanol–water partition coefficient (Wildman–Crippen LogP) is 4.53. The molecular formula is C10H6Cl2F4N2OS. The fourth-order valence-corrected chi connectivity index (χ4v) is 2.36. The normalized spacial score (nSPS) is 12.9. The molecule has 2 rings (SSSR count). The first-order chi connectivity index (χ1) is 9.14. The maximum Gasteiger partial charge on any atom is 0.422 e. The molecule has 3 nitrogen and oxygen atoms in total. The summed E-state index contributed by atoms with van der Waals surface area (Å²) in [6, 6.07) is 4.10. The van der Waals surface area contributed by atoms with Gasteiger partial charge in [-0.2, -0.15) is 22.7 Å². The minimum atomic E-state index is -4.42. The van der Waals surface area contributed by atoms with Crippen LogP contribution in [0.5, 0.6) is 5.75 Å². The standard InChI is InChI=1S/C10H6Cl2F4N2OS/c11-10(12,16)20-18-8-2-1-7(3-6(8)4-17-18)19-5-9(13,14)15/h1-4H,5H2. The van der Waals surface area contributed by atoms with Crippen molar-refractivity contribution in [2.45, 2.75) is 10.1 Å². The van der Waals surface area contributed by atoms with E-state index in [4.69, 9.17) is 23.2 Å². The number of rotatable bonds is 4. The molecule has 0 bridgehead atoms. The zero-order valence-corrected chi connectivity index (χ0v) is 11.8. The lowest BCUT2D eigenvalue weighted by molar-refractivity contribution is -0.153. The first-order valence-corrected chi connectivity index (χ1v) is 6.60. The van der Waals surface area contributed by atoms with Gasteiger partial charge in [0.2, 0.25) is 0 Å². The summed E-state index contributed by atoms with van der Waals surface area (Å²) >= 11 is 10.8. The van der Waals surface area contributed by atoms with E-state index in [2.05, 4.69) is 9.84 Å². The number of fused-ring (bicyclic) bond motifs is 1. The Morgan fingerprint density at radius 3 is 2.55 bits per heavy atom. The van der Waals surface area contributed by atoms with E-state index >= 15 is 0 Å². The molecule has 0 unspecified atom stereocenters. The van der Waals surface area contributed by atoms with E-state index in [1.807, 2.05) is 0 Å². The van der Waals surface area contributed by atoms with Crippen molar-refractivity contribution in [3.63, 3.8) is 0 Å². The molecule has 110 valence electrons. The van der Waals surface area contributed by atoms with Crippen LogP contribution in [0.3, 0.4) is 0 Å². The number of nitrogens with zero attached hydrogens (tertiary/aromatic N) is 2. The van der Waals surface area contributed by atoms with Crippen molar-refractivity contribution in [2.24, 2.45) is 0 Å². The van der Waals surface area contributed by atoms with Crippen molar-refractivity contribution in [2.75, 3.05) is 6.61 Å². The Kier molecular flexibility index (Phi) is 4.27. The third kappa shape index (κ3) is 4.32. The van der Waals surface area contributed by atoms with Crippen molar-refractivity contribution in [1.29, 1.82) is 0 Å². The van der Waals surface area contributed by atoms with Gasteiger partial charge in [-0.1, -0.05) is 23.2 Å². The van der Waals surface area contributed by atoms with E-state index < -0.39 is 16.7 Å². The van der Waals surface area contributed by atoms with Crippen LogP contribution in [0.2, 0.25) is 0 Å². The minimum absolute atomic E-state index is 0.0302. The quantitative estimate of drug-likeness (QED) is 0.599. The van der Waals surface area contributed by atoms with Gasteiger partial charge in [0, 0.05) is 5.39 Å². The maximum atomic E-state index is 13.1. The fourth-order valence-electron chi connectivity index (χ4n) is 1.41. The fraction of sp³-hybridized carbons (Fsp3) is 0.300. The van der Waals surface area contributed by atoms with Gasteiger partial charge < -0.3 is 4.74 Å². The lowest BCUT2D eigenvalue weighted by Gasteiger charge is -2.10. The third-order valence-electron chi connectivity index (χ3n) is 2.10. The molecule has 0 aliphatic rings. The molecule has 20 heavy (non-hydrogen) atoms. The highest BCUT2D eigenvalue weighted by atomic mass is 35.5. The number of alkyl halides is 6. The second-order valence-corrected chi connectivity index (χ2v) is 6.45. The van der Waals surface area contributed by atoms with Crippen molar-refractivity contribution < 1.29 is 22.3 Å². The number of halogens is 6. The molecule has 0 fully saturated rings. The monoisotopic (exact) mass is 348 g/mol. The summed E-state index contributed by atoms with van der Waals surface area (Å²) in [5.74, 6) is 0.0302. The summed E-state index contributed by atoms with van der Waals surface area (Å²) in [5, 5.41) is 4.29. The molecule has 0 aliphatic carbocycles. The lowest BCUT2D eigenvalue weighted by atomic mass is 10.2. The smallest absolute Gasteiger partial charge is 0.422 e. The van der Waals surface area contributed by atoms with E-state index in [0.717, 1.165) is 4.09 Å². The molecule has 1 aromatic heterocycles. The zero-order chi connectivity index (χ0) is 15.0. The molecule has 2 aromatic rings. The summed E-state index contributed by atoms with van der Waals surface area (Å²) in [5.41, 5.74) is 0.442. The largest absolute Gasteiger partial charge is 0.484 e. The molecule has 0 N–H and O–H groups in total. The van der Waals surface area contributed by atoms with Gasteiger partial charge in [0.05, 0.1) is 23.7 Å². The van der Waals surface area contributed by atoms with Crippen LogP contribution >= 0.6 is 35.1 Å². The number of aromatic nitrogens is 2. The van der Waals surface area contributed by atoms with Crippen LogP contribution < -0.4 is 4.74 Å². The topological polar surface area (TPSA) is 27.1 Å². The first kappa shape index (κ1) is 15.5. The van der Waals surface area contributed by atoms with Crippen LogP contribution in [0.25, 0.3) is 10.9 Å². The van der Waals surface area contributed by atoms with Gasteiger partial charge in [0.25, 0.3) is 0 Å². The summed E-state index contributed by atoms with van der Waals surface area (Å²) in [4.78, 5) is 0. The first-order valence-electron chi connectivity index (χ1n) is 5.08. The maximum absolute atomic E-state index is 13.1.